The molecule has 0 spiro atoms. The van der Waals surface area contributed by atoms with E-state index in [9.17, 15) is 4.79 Å². The van der Waals surface area contributed by atoms with Crippen molar-refractivity contribution in [3.63, 3.8) is 0 Å². The van der Waals surface area contributed by atoms with Crippen LogP contribution < -0.4 is 5.32 Å². The average molecular weight is 252 g/mol. The van der Waals surface area contributed by atoms with E-state index >= 15 is 0 Å². The summed E-state index contributed by atoms with van der Waals surface area (Å²) in [6.07, 6.45) is 5.31. The molecule has 3 heteroatoms. The van der Waals surface area contributed by atoms with Crippen molar-refractivity contribution in [3.05, 3.63) is 36.5 Å². The standard InChI is InChI=1S/C16H16N2O/c19-16(13-7-11-6-12(11)8-13)18-14-3-4-15-10(9-14)2-1-5-17-15/h1-5,9,11-13H,6-8H2,(H,18,19). The van der Waals surface area contributed by atoms with E-state index in [0.29, 0.717) is 0 Å². The fourth-order valence-corrected chi connectivity index (χ4v) is 3.33. The Bertz CT molecular complexity index is 642. The third-order valence-corrected chi connectivity index (χ3v) is 4.48. The number of nitrogens with one attached hydrogen (secondary N) is 1. The SMILES string of the molecule is O=C(Nc1ccc2ncccc2c1)C1CC2CC2C1. The molecular formula is C16H16N2O. The van der Waals surface area contributed by atoms with Crippen LogP contribution in [0.3, 0.4) is 0 Å². The summed E-state index contributed by atoms with van der Waals surface area (Å²) in [5.74, 6) is 2.11. The van der Waals surface area contributed by atoms with E-state index in [1.165, 1.54) is 6.42 Å². The minimum atomic E-state index is 0.190. The van der Waals surface area contributed by atoms with E-state index < -0.39 is 0 Å². The molecule has 4 rings (SSSR count). The van der Waals surface area contributed by atoms with E-state index in [2.05, 4.69) is 10.3 Å². The second-order valence-corrected chi connectivity index (χ2v) is 5.82. The van der Waals surface area contributed by atoms with Gasteiger partial charge in [-0.05, 0) is 55.4 Å². The van der Waals surface area contributed by atoms with Crippen LogP contribution >= 0.6 is 0 Å². The lowest BCUT2D eigenvalue weighted by atomic mass is 10.0. The highest BCUT2D eigenvalue weighted by molar-refractivity contribution is 5.95. The molecule has 96 valence electrons. The van der Waals surface area contributed by atoms with E-state index in [-0.39, 0.29) is 11.8 Å². The summed E-state index contributed by atoms with van der Waals surface area (Å²) in [7, 11) is 0. The zero-order chi connectivity index (χ0) is 12.8. The number of fused-ring (bicyclic) bond motifs is 2. The largest absolute Gasteiger partial charge is 0.326 e. The minimum Gasteiger partial charge on any atom is -0.326 e. The number of nitrogens with zero attached hydrogens (tertiary/aromatic N) is 1. The summed E-state index contributed by atoms with van der Waals surface area (Å²) in [5.41, 5.74) is 1.84. The van der Waals surface area contributed by atoms with Crippen molar-refractivity contribution in [1.29, 1.82) is 0 Å². The molecule has 0 bridgehead atoms. The number of aromatic nitrogens is 1. The van der Waals surface area contributed by atoms with Crippen molar-refractivity contribution in [2.24, 2.45) is 17.8 Å². The Morgan fingerprint density at radius 1 is 1.16 bits per heavy atom. The van der Waals surface area contributed by atoms with Gasteiger partial charge in [-0.15, -0.1) is 0 Å². The smallest absolute Gasteiger partial charge is 0.227 e. The lowest BCUT2D eigenvalue weighted by molar-refractivity contribution is -0.120. The van der Waals surface area contributed by atoms with Gasteiger partial charge in [0, 0.05) is 23.2 Å². The Kier molecular flexibility index (Phi) is 2.34. The maximum atomic E-state index is 12.2. The van der Waals surface area contributed by atoms with Crippen LogP contribution in [0.1, 0.15) is 19.3 Å². The van der Waals surface area contributed by atoms with Crippen LogP contribution in [0.4, 0.5) is 5.69 Å². The Labute approximate surface area is 112 Å². The van der Waals surface area contributed by atoms with E-state index in [4.69, 9.17) is 0 Å². The first kappa shape index (κ1) is 11.0. The van der Waals surface area contributed by atoms with Crippen molar-refractivity contribution in [2.45, 2.75) is 19.3 Å². The molecule has 2 atom stereocenters. The molecule has 1 aromatic heterocycles. The summed E-state index contributed by atoms with van der Waals surface area (Å²) in [6, 6.07) is 9.82. The van der Waals surface area contributed by atoms with Crippen molar-refractivity contribution < 1.29 is 4.79 Å². The monoisotopic (exact) mass is 252 g/mol. The zero-order valence-corrected chi connectivity index (χ0v) is 10.7. The maximum Gasteiger partial charge on any atom is 0.227 e. The van der Waals surface area contributed by atoms with Gasteiger partial charge in [-0.3, -0.25) is 9.78 Å². The molecule has 1 heterocycles. The van der Waals surface area contributed by atoms with Crippen LogP contribution in [-0.2, 0) is 4.79 Å². The van der Waals surface area contributed by atoms with Crippen LogP contribution in [0.25, 0.3) is 10.9 Å². The number of hydrogen-bond donors (Lipinski definition) is 1. The Morgan fingerprint density at radius 3 is 2.84 bits per heavy atom. The number of carbonyl (C=O) groups excluding carboxylic acids is 1. The topological polar surface area (TPSA) is 42.0 Å². The number of anilines is 1. The van der Waals surface area contributed by atoms with Gasteiger partial charge in [0.05, 0.1) is 5.52 Å². The Hall–Kier alpha value is -1.90. The lowest BCUT2D eigenvalue weighted by Crippen LogP contribution is -2.21. The van der Waals surface area contributed by atoms with Gasteiger partial charge >= 0.3 is 0 Å². The molecule has 2 aliphatic carbocycles. The molecule has 0 aliphatic heterocycles. The molecule has 0 radical (unpaired) electrons. The molecule has 0 saturated heterocycles. The highest BCUT2D eigenvalue weighted by Gasteiger charge is 2.47. The lowest BCUT2D eigenvalue weighted by Gasteiger charge is -2.12. The second kappa shape index (κ2) is 4.05. The fourth-order valence-electron chi connectivity index (χ4n) is 3.33. The van der Waals surface area contributed by atoms with E-state index in [1.54, 1.807) is 6.20 Å². The summed E-state index contributed by atoms with van der Waals surface area (Å²) in [4.78, 5) is 16.5. The summed E-state index contributed by atoms with van der Waals surface area (Å²) >= 11 is 0. The quantitative estimate of drug-likeness (QED) is 0.891. The average Bonchev–Trinajstić information content (AvgIpc) is 3.05. The summed E-state index contributed by atoms with van der Waals surface area (Å²) in [6.45, 7) is 0. The van der Waals surface area contributed by atoms with Crippen molar-refractivity contribution >= 4 is 22.5 Å². The van der Waals surface area contributed by atoms with Crippen molar-refractivity contribution in [2.75, 3.05) is 5.32 Å². The molecule has 1 N–H and O–H groups in total. The third-order valence-electron chi connectivity index (χ3n) is 4.48. The molecule has 3 nitrogen and oxygen atoms in total. The molecule has 2 unspecified atom stereocenters. The number of pyridine rings is 1. The predicted octanol–water partition coefficient (Wildman–Crippen LogP) is 3.22. The molecule has 19 heavy (non-hydrogen) atoms. The molecule has 2 saturated carbocycles. The summed E-state index contributed by atoms with van der Waals surface area (Å²) in [5, 5.41) is 4.11. The third kappa shape index (κ3) is 1.99. The van der Waals surface area contributed by atoms with Gasteiger partial charge < -0.3 is 5.32 Å². The van der Waals surface area contributed by atoms with Crippen LogP contribution in [0.15, 0.2) is 36.5 Å². The maximum absolute atomic E-state index is 12.2. The van der Waals surface area contributed by atoms with E-state index in [1.807, 2.05) is 30.3 Å². The number of hydrogen-bond acceptors (Lipinski definition) is 2. The molecule has 2 aliphatic rings. The first-order chi connectivity index (χ1) is 9.29. The van der Waals surface area contributed by atoms with Crippen LogP contribution in [0.5, 0.6) is 0 Å². The van der Waals surface area contributed by atoms with Gasteiger partial charge in [-0.2, -0.15) is 0 Å². The highest BCUT2D eigenvalue weighted by Crippen LogP contribution is 2.54. The Balaban J connectivity index is 1.52. The molecule has 1 amide bonds. The minimum absolute atomic E-state index is 0.190. The van der Waals surface area contributed by atoms with E-state index in [0.717, 1.165) is 41.3 Å². The fraction of sp³-hybridized carbons (Fsp3) is 0.375. The molecule has 2 aromatic rings. The van der Waals surface area contributed by atoms with Crippen LogP contribution in [0, 0.1) is 17.8 Å². The number of benzene rings is 1. The van der Waals surface area contributed by atoms with Gasteiger partial charge in [0.2, 0.25) is 5.91 Å². The normalized spacial score (nSPS) is 28.1. The summed E-state index contributed by atoms with van der Waals surface area (Å²) < 4.78 is 0. The first-order valence-corrected chi connectivity index (χ1v) is 6.95. The number of carbonyl (C=O) groups is 1. The Morgan fingerprint density at radius 2 is 2.00 bits per heavy atom. The van der Waals surface area contributed by atoms with Crippen LogP contribution in [-0.4, -0.2) is 10.9 Å². The van der Waals surface area contributed by atoms with Gasteiger partial charge in [0.1, 0.15) is 0 Å². The first-order valence-electron chi connectivity index (χ1n) is 6.95. The van der Waals surface area contributed by atoms with Gasteiger partial charge in [0.15, 0.2) is 0 Å². The van der Waals surface area contributed by atoms with Gasteiger partial charge in [-0.25, -0.2) is 0 Å². The molecule has 1 aromatic carbocycles. The second-order valence-electron chi connectivity index (χ2n) is 5.82. The van der Waals surface area contributed by atoms with Crippen molar-refractivity contribution in [3.8, 4) is 0 Å². The molecule has 2 fully saturated rings. The predicted molar refractivity (Wildman–Crippen MR) is 74.7 cm³/mol. The van der Waals surface area contributed by atoms with Crippen LogP contribution in [0.2, 0.25) is 0 Å². The highest BCUT2D eigenvalue weighted by atomic mass is 16.1. The number of rotatable bonds is 2. The van der Waals surface area contributed by atoms with Gasteiger partial charge in [0.25, 0.3) is 0 Å². The van der Waals surface area contributed by atoms with Crippen molar-refractivity contribution in [1.82, 2.24) is 4.98 Å². The molecular weight excluding hydrogens is 236 g/mol. The number of amides is 1. The van der Waals surface area contributed by atoms with Gasteiger partial charge in [-0.1, -0.05) is 6.07 Å². The zero-order valence-electron chi connectivity index (χ0n) is 10.7.